The molecule has 3 nitrogen and oxygen atoms in total. The molecule has 4 heteroatoms. The smallest absolute Gasteiger partial charge is 0.323 e. The molecule has 74 valence electrons. The van der Waals surface area contributed by atoms with Gasteiger partial charge in [0.25, 0.3) is 0 Å². The minimum Gasteiger partial charge on any atom is -0.468 e. The summed E-state index contributed by atoms with van der Waals surface area (Å²) in [6, 6.07) is -0.603. The van der Waals surface area contributed by atoms with Crippen molar-refractivity contribution in [2.45, 2.75) is 32.1 Å². The Morgan fingerprint density at radius 3 is 2.46 bits per heavy atom. The van der Waals surface area contributed by atoms with Crippen LogP contribution in [0.4, 0.5) is 0 Å². The number of methoxy groups -OCH3 is 1. The van der Waals surface area contributed by atoms with E-state index in [0.29, 0.717) is 6.42 Å². The summed E-state index contributed by atoms with van der Waals surface area (Å²) in [5.41, 5.74) is 8.63. The van der Waals surface area contributed by atoms with E-state index in [1.54, 1.807) is 0 Å². The maximum Gasteiger partial charge on any atom is 0.323 e. The van der Waals surface area contributed by atoms with Gasteiger partial charge in [0.1, 0.15) is 14.1 Å². The zero-order valence-electron chi connectivity index (χ0n) is 8.68. The van der Waals surface area contributed by atoms with Crippen molar-refractivity contribution in [2.75, 3.05) is 7.11 Å². The van der Waals surface area contributed by atoms with Crippen molar-refractivity contribution in [3.63, 3.8) is 0 Å². The van der Waals surface area contributed by atoms with Crippen LogP contribution in [0.15, 0.2) is 0 Å². The third-order valence-corrected chi connectivity index (χ3v) is 2.22. The fourth-order valence-electron chi connectivity index (χ4n) is 0.661. The lowest BCUT2D eigenvalue weighted by atomic mass is 10.2. The summed E-state index contributed by atoms with van der Waals surface area (Å²) >= 11 is 0. The average molecular weight is 199 g/mol. The SMILES string of the molecule is COC(=O)[C@H](N)CC#C[Si](C)(C)C. The molecule has 13 heavy (non-hydrogen) atoms. The van der Waals surface area contributed by atoms with Gasteiger partial charge < -0.3 is 10.5 Å². The summed E-state index contributed by atoms with van der Waals surface area (Å²) in [6.07, 6.45) is 0.386. The van der Waals surface area contributed by atoms with E-state index < -0.39 is 20.1 Å². The number of carbonyl (C=O) groups is 1. The summed E-state index contributed by atoms with van der Waals surface area (Å²) in [7, 11) is -0.0103. The van der Waals surface area contributed by atoms with Gasteiger partial charge >= 0.3 is 5.97 Å². The molecule has 0 fully saturated rings. The van der Waals surface area contributed by atoms with Crippen LogP contribution in [0.3, 0.4) is 0 Å². The zero-order valence-corrected chi connectivity index (χ0v) is 9.68. The van der Waals surface area contributed by atoms with Crippen LogP contribution in [0.1, 0.15) is 6.42 Å². The molecule has 0 heterocycles. The molecular weight excluding hydrogens is 182 g/mol. The number of esters is 1. The first-order valence-corrected chi connectivity index (χ1v) is 7.70. The first-order chi connectivity index (χ1) is 5.87. The number of hydrogen-bond acceptors (Lipinski definition) is 3. The Morgan fingerprint density at radius 1 is 1.54 bits per heavy atom. The topological polar surface area (TPSA) is 52.3 Å². The molecule has 0 saturated heterocycles. The molecular formula is C9H17NO2Si. The fraction of sp³-hybridized carbons (Fsp3) is 0.667. The van der Waals surface area contributed by atoms with E-state index in [-0.39, 0.29) is 0 Å². The summed E-state index contributed by atoms with van der Waals surface area (Å²) in [5.74, 6) is 2.53. The lowest BCUT2D eigenvalue weighted by molar-refractivity contribution is -0.142. The van der Waals surface area contributed by atoms with Gasteiger partial charge in [-0.1, -0.05) is 19.6 Å². The molecule has 0 aliphatic heterocycles. The first kappa shape index (κ1) is 12.2. The Hall–Kier alpha value is -0.793. The zero-order chi connectivity index (χ0) is 10.5. The van der Waals surface area contributed by atoms with Gasteiger partial charge in [-0.05, 0) is 0 Å². The van der Waals surface area contributed by atoms with Gasteiger partial charge in [-0.15, -0.1) is 11.5 Å². The third kappa shape index (κ3) is 6.38. The number of carbonyl (C=O) groups excluding carboxylic acids is 1. The first-order valence-electron chi connectivity index (χ1n) is 4.20. The number of nitrogens with two attached hydrogens (primary N) is 1. The van der Waals surface area contributed by atoms with E-state index in [9.17, 15) is 4.79 Å². The summed E-state index contributed by atoms with van der Waals surface area (Å²) < 4.78 is 4.47. The maximum atomic E-state index is 10.9. The monoisotopic (exact) mass is 199 g/mol. The largest absolute Gasteiger partial charge is 0.468 e. The fourth-order valence-corrected chi connectivity index (χ4v) is 1.29. The normalized spacial score (nSPS) is 12.7. The molecule has 0 aliphatic rings. The molecule has 2 N–H and O–H groups in total. The molecule has 1 atom stereocenters. The Balaban J connectivity index is 4.00. The van der Waals surface area contributed by atoms with Gasteiger partial charge in [-0.3, -0.25) is 4.79 Å². The Bertz CT molecular complexity index is 234. The second-order valence-electron chi connectivity index (χ2n) is 3.89. The van der Waals surface area contributed by atoms with E-state index in [1.165, 1.54) is 7.11 Å². The lowest BCUT2D eigenvalue weighted by Crippen LogP contribution is -2.31. The van der Waals surface area contributed by atoms with Crippen LogP contribution in [0.5, 0.6) is 0 Å². The second-order valence-corrected chi connectivity index (χ2v) is 8.64. The molecule has 0 radical (unpaired) electrons. The van der Waals surface area contributed by atoms with Crippen molar-refractivity contribution in [3.8, 4) is 11.5 Å². The highest BCUT2D eigenvalue weighted by Crippen LogP contribution is 1.97. The van der Waals surface area contributed by atoms with Crippen LogP contribution in [0.2, 0.25) is 19.6 Å². The average Bonchev–Trinajstić information content (AvgIpc) is 2.00. The third-order valence-electron chi connectivity index (χ3n) is 1.29. The van der Waals surface area contributed by atoms with Gasteiger partial charge in [0.15, 0.2) is 0 Å². The van der Waals surface area contributed by atoms with Crippen LogP contribution in [-0.2, 0) is 9.53 Å². The van der Waals surface area contributed by atoms with Crippen molar-refractivity contribution >= 4 is 14.0 Å². The minimum atomic E-state index is -1.34. The lowest BCUT2D eigenvalue weighted by Gasteiger charge is -2.06. The quantitative estimate of drug-likeness (QED) is 0.406. The van der Waals surface area contributed by atoms with E-state index in [0.717, 1.165) is 0 Å². The van der Waals surface area contributed by atoms with Crippen molar-refractivity contribution in [2.24, 2.45) is 5.73 Å². The maximum absolute atomic E-state index is 10.9. The number of rotatable bonds is 2. The van der Waals surface area contributed by atoms with Crippen molar-refractivity contribution in [1.29, 1.82) is 0 Å². The van der Waals surface area contributed by atoms with E-state index in [2.05, 4.69) is 35.8 Å². The molecule has 0 amide bonds. The molecule has 0 aromatic carbocycles. The summed E-state index contributed by atoms with van der Waals surface area (Å²) in [5, 5.41) is 0. The van der Waals surface area contributed by atoms with E-state index in [1.807, 2.05) is 0 Å². The summed E-state index contributed by atoms with van der Waals surface area (Å²) in [4.78, 5) is 10.9. The molecule has 0 aromatic rings. The van der Waals surface area contributed by atoms with Crippen LogP contribution in [0.25, 0.3) is 0 Å². The molecule has 0 saturated carbocycles. The van der Waals surface area contributed by atoms with Gasteiger partial charge in [0.05, 0.1) is 7.11 Å². The molecule has 0 aliphatic carbocycles. The summed E-state index contributed by atoms with van der Waals surface area (Å²) in [6.45, 7) is 6.43. The molecule has 0 aromatic heterocycles. The van der Waals surface area contributed by atoms with E-state index >= 15 is 0 Å². The van der Waals surface area contributed by atoms with Crippen LogP contribution in [-0.4, -0.2) is 27.2 Å². The number of hydrogen-bond donors (Lipinski definition) is 1. The second kappa shape index (κ2) is 5.05. The highest BCUT2D eigenvalue weighted by Gasteiger charge is 2.12. The number of ether oxygens (including phenoxy) is 1. The van der Waals surface area contributed by atoms with Gasteiger partial charge in [-0.2, -0.15) is 0 Å². The predicted molar refractivity (Wildman–Crippen MR) is 55.7 cm³/mol. The van der Waals surface area contributed by atoms with Gasteiger partial charge in [0, 0.05) is 6.42 Å². The van der Waals surface area contributed by atoms with Crippen LogP contribution >= 0.6 is 0 Å². The molecule has 0 rings (SSSR count). The van der Waals surface area contributed by atoms with Crippen LogP contribution < -0.4 is 5.73 Å². The van der Waals surface area contributed by atoms with Crippen molar-refractivity contribution < 1.29 is 9.53 Å². The predicted octanol–water partition coefficient (Wildman–Crippen LogP) is 0.758. The van der Waals surface area contributed by atoms with Gasteiger partial charge in [-0.25, -0.2) is 0 Å². The highest BCUT2D eigenvalue weighted by atomic mass is 28.3. The molecule has 0 unspecified atom stereocenters. The molecule has 0 spiro atoms. The van der Waals surface area contributed by atoms with Crippen LogP contribution in [0, 0.1) is 11.5 Å². The standard InChI is InChI=1S/C9H17NO2Si/c1-12-9(11)8(10)6-5-7-13(2,3)4/h8H,6,10H2,1-4H3/t8-/m1/s1. The Morgan fingerprint density at radius 2 is 2.08 bits per heavy atom. The van der Waals surface area contributed by atoms with Crippen molar-refractivity contribution in [3.05, 3.63) is 0 Å². The van der Waals surface area contributed by atoms with Crippen molar-refractivity contribution in [1.82, 2.24) is 0 Å². The Labute approximate surface area is 80.7 Å². The molecule has 0 bridgehead atoms. The minimum absolute atomic E-state index is 0.386. The van der Waals surface area contributed by atoms with E-state index in [4.69, 9.17) is 5.73 Å². The van der Waals surface area contributed by atoms with Gasteiger partial charge in [0.2, 0.25) is 0 Å². The Kier molecular flexibility index (Phi) is 4.74. The highest BCUT2D eigenvalue weighted by molar-refractivity contribution is 6.83.